The summed E-state index contributed by atoms with van der Waals surface area (Å²) in [6, 6.07) is 0. The van der Waals surface area contributed by atoms with Crippen LogP contribution >= 0.6 is 0 Å². The molecule has 1 atom stereocenters. The summed E-state index contributed by atoms with van der Waals surface area (Å²) in [6.07, 6.45) is 0.985. The Morgan fingerprint density at radius 2 is 2.40 bits per heavy atom. The number of Topliss-reactive ketones (excluding diaryl/α,β-unsaturated/α-hetero) is 1. The van der Waals surface area contributed by atoms with Crippen molar-refractivity contribution in [3.8, 4) is 0 Å². The van der Waals surface area contributed by atoms with Gasteiger partial charge in [0.25, 0.3) is 0 Å². The fourth-order valence-electron chi connectivity index (χ4n) is 0.649. The molecule has 0 amide bonds. The molecule has 54 valence electrons. The second kappa shape index (κ2) is 1.88. The molecule has 0 aromatic carbocycles. The first-order valence-corrected chi connectivity index (χ1v) is 2.60. The standard InChI is InChI=1S/C5H5NO4/c7-3-1-2-6-5(3,10)4(8)9/h2,10H,1H2,(H,8,9). The third kappa shape index (κ3) is 0.714. The molecule has 0 aliphatic carbocycles. The Morgan fingerprint density at radius 1 is 1.80 bits per heavy atom. The molecule has 1 aliphatic heterocycles. The fraction of sp³-hybridized carbons (Fsp3) is 0.400. The van der Waals surface area contributed by atoms with E-state index in [1.54, 1.807) is 0 Å². The zero-order valence-electron chi connectivity index (χ0n) is 4.94. The highest BCUT2D eigenvalue weighted by Gasteiger charge is 2.45. The number of ketones is 1. The van der Waals surface area contributed by atoms with Crippen LogP contribution in [0.15, 0.2) is 4.99 Å². The lowest BCUT2D eigenvalue weighted by molar-refractivity contribution is -0.162. The van der Waals surface area contributed by atoms with Crippen LogP contribution in [-0.4, -0.2) is 33.9 Å². The van der Waals surface area contributed by atoms with Crippen LogP contribution in [0, 0.1) is 0 Å². The van der Waals surface area contributed by atoms with Crippen molar-refractivity contribution in [1.29, 1.82) is 0 Å². The molecule has 2 N–H and O–H groups in total. The third-order valence-corrected chi connectivity index (χ3v) is 1.24. The summed E-state index contributed by atoms with van der Waals surface area (Å²) in [6.45, 7) is 0. The number of carboxylic acids is 1. The molecule has 1 aliphatic rings. The fourth-order valence-corrected chi connectivity index (χ4v) is 0.649. The minimum Gasteiger partial charge on any atom is -0.477 e. The van der Waals surface area contributed by atoms with Crippen LogP contribution in [0.2, 0.25) is 0 Å². The monoisotopic (exact) mass is 143 g/mol. The summed E-state index contributed by atoms with van der Waals surface area (Å²) in [4.78, 5) is 23.9. The van der Waals surface area contributed by atoms with Gasteiger partial charge in [0.15, 0.2) is 0 Å². The van der Waals surface area contributed by atoms with Crippen molar-refractivity contribution in [2.24, 2.45) is 4.99 Å². The Morgan fingerprint density at radius 3 is 2.60 bits per heavy atom. The summed E-state index contributed by atoms with van der Waals surface area (Å²) in [5.74, 6) is -2.41. The van der Waals surface area contributed by atoms with E-state index < -0.39 is 17.5 Å². The average molecular weight is 143 g/mol. The maximum Gasteiger partial charge on any atom is 0.367 e. The van der Waals surface area contributed by atoms with Gasteiger partial charge < -0.3 is 10.2 Å². The minimum absolute atomic E-state index is 0.108. The zero-order chi connectivity index (χ0) is 7.78. The van der Waals surface area contributed by atoms with Gasteiger partial charge in [0.1, 0.15) is 0 Å². The Hall–Kier alpha value is -1.23. The van der Waals surface area contributed by atoms with Gasteiger partial charge in [-0.3, -0.25) is 4.79 Å². The van der Waals surface area contributed by atoms with E-state index in [1.165, 1.54) is 0 Å². The first kappa shape index (κ1) is 6.88. The Balaban J connectivity index is 2.96. The molecule has 1 rings (SSSR count). The number of aliphatic carboxylic acids is 1. The number of carboxylic acid groups (broad SMARTS) is 1. The Bertz CT molecular complexity index is 222. The van der Waals surface area contributed by atoms with E-state index >= 15 is 0 Å². The van der Waals surface area contributed by atoms with Crippen molar-refractivity contribution in [3.63, 3.8) is 0 Å². The van der Waals surface area contributed by atoms with Crippen molar-refractivity contribution in [2.75, 3.05) is 0 Å². The van der Waals surface area contributed by atoms with Gasteiger partial charge in [0.2, 0.25) is 5.78 Å². The number of hydrogen-bond acceptors (Lipinski definition) is 4. The number of rotatable bonds is 1. The van der Waals surface area contributed by atoms with Gasteiger partial charge in [-0.05, 0) is 0 Å². The Labute approximate surface area is 56.0 Å². The molecule has 0 aromatic heterocycles. The highest BCUT2D eigenvalue weighted by molar-refractivity contribution is 6.14. The predicted octanol–water partition coefficient (Wildman–Crippen LogP) is -1.20. The van der Waals surface area contributed by atoms with E-state index in [4.69, 9.17) is 10.2 Å². The van der Waals surface area contributed by atoms with Crippen molar-refractivity contribution >= 4 is 18.0 Å². The largest absolute Gasteiger partial charge is 0.477 e. The first-order valence-electron chi connectivity index (χ1n) is 2.60. The van der Waals surface area contributed by atoms with E-state index in [2.05, 4.69) is 4.99 Å². The molecule has 1 unspecified atom stereocenters. The van der Waals surface area contributed by atoms with Gasteiger partial charge in [0.05, 0.1) is 0 Å². The molecule has 0 fully saturated rings. The van der Waals surface area contributed by atoms with Gasteiger partial charge >= 0.3 is 11.7 Å². The molecule has 5 heteroatoms. The molecule has 0 bridgehead atoms. The maximum absolute atomic E-state index is 10.6. The molecular formula is C5H5NO4. The lowest BCUT2D eigenvalue weighted by Crippen LogP contribution is -2.41. The summed E-state index contributed by atoms with van der Waals surface area (Å²) in [5.41, 5.74) is -2.50. The second-order valence-electron chi connectivity index (χ2n) is 1.92. The highest BCUT2D eigenvalue weighted by Crippen LogP contribution is 2.15. The van der Waals surface area contributed by atoms with Crippen LogP contribution in [-0.2, 0) is 9.59 Å². The lowest BCUT2D eigenvalue weighted by Gasteiger charge is -2.09. The van der Waals surface area contributed by atoms with Crippen molar-refractivity contribution < 1.29 is 19.8 Å². The van der Waals surface area contributed by atoms with E-state index in [9.17, 15) is 9.59 Å². The van der Waals surface area contributed by atoms with Crippen LogP contribution in [0.25, 0.3) is 0 Å². The SMILES string of the molecule is O=C(O)C1(O)N=CCC1=O. The van der Waals surface area contributed by atoms with Gasteiger partial charge in [0, 0.05) is 12.6 Å². The molecule has 0 aromatic rings. The lowest BCUT2D eigenvalue weighted by atomic mass is 10.1. The van der Waals surface area contributed by atoms with Gasteiger partial charge in [-0.15, -0.1) is 0 Å². The average Bonchev–Trinajstić information content (AvgIpc) is 2.15. The van der Waals surface area contributed by atoms with Crippen LogP contribution < -0.4 is 0 Å². The molecule has 0 radical (unpaired) electrons. The van der Waals surface area contributed by atoms with Crippen LogP contribution in [0.1, 0.15) is 6.42 Å². The van der Waals surface area contributed by atoms with E-state index in [-0.39, 0.29) is 6.42 Å². The summed E-state index contributed by atoms with van der Waals surface area (Å²) < 4.78 is 0. The first-order chi connectivity index (χ1) is 4.57. The summed E-state index contributed by atoms with van der Waals surface area (Å²) in [7, 11) is 0. The summed E-state index contributed by atoms with van der Waals surface area (Å²) in [5, 5.41) is 17.1. The van der Waals surface area contributed by atoms with E-state index in [0.29, 0.717) is 0 Å². The molecule has 0 spiro atoms. The normalized spacial score (nSPS) is 31.1. The van der Waals surface area contributed by atoms with Crippen LogP contribution in [0.5, 0.6) is 0 Å². The van der Waals surface area contributed by atoms with Crippen molar-refractivity contribution in [2.45, 2.75) is 12.1 Å². The molecule has 1 heterocycles. The number of nitrogens with zero attached hydrogens (tertiary/aromatic N) is 1. The maximum atomic E-state index is 10.6. The predicted molar refractivity (Wildman–Crippen MR) is 30.7 cm³/mol. The summed E-state index contributed by atoms with van der Waals surface area (Å²) >= 11 is 0. The van der Waals surface area contributed by atoms with Crippen molar-refractivity contribution in [3.05, 3.63) is 0 Å². The molecular weight excluding hydrogens is 138 g/mol. The van der Waals surface area contributed by atoms with Gasteiger partial charge in [-0.25, -0.2) is 9.79 Å². The topological polar surface area (TPSA) is 87.0 Å². The third-order valence-electron chi connectivity index (χ3n) is 1.24. The minimum atomic E-state index is -2.50. The quantitative estimate of drug-likeness (QED) is 0.451. The highest BCUT2D eigenvalue weighted by atomic mass is 16.4. The van der Waals surface area contributed by atoms with Crippen molar-refractivity contribution in [1.82, 2.24) is 0 Å². The van der Waals surface area contributed by atoms with Gasteiger partial charge in [-0.2, -0.15) is 0 Å². The Kier molecular flexibility index (Phi) is 1.29. The van der Waals surface area contributed by atoms with Gasteiger partial charge in [-0.1, -0.05) is 0 Å². The van der Waals surface area contributed by atoms with Crippen LogP contribution in [0.3, 0.4) is 0 Å². The van der Waals surface area contributed by atoms with Crippen LogP contribution in [0.4, 0.5) is 0 Å². The van der Waals surface area contributed by atoms with E-state index in [0.717, 1.165) is 6.21 Å². The molecule has 5 nitrogen and oxygen atoms in total. The smallest absolute Gasteiger partial charge is 0.367 e. The molecule has 0 saturated heterocycles. The number of carbonyl (C=O) groups excluding carboxylic acids is 1. The molecule has 0 saturated carbocycles. The number of carbonyl (C=O) groups is 2. The molecule has 10 heavy (non-hydrogen) atoms. The zero-order valence-corrected chi connectivity index (χ0v) is 4.94. The number of aliphatic imine (C=N–C) groups is 1. The van der Waals surface area contributed by atoms with E-state index in [1.807, 2.05) is 0 Å². The number of aliphatic hydroxyl groups is 1. The number of hydrogen-bond donors (Lipinski definition) is 2. The second-order valence-corrected chi connectivity index (χ2v) is 1.92.